The summed E-state index contributed by atoms with van der Waals surface area (Å²) in [7, 11) is 0. The Balaban J connectivity index is 1.21. The van der Waals surface area contributed by atoms with E-state index in [0.29, 0.717) is 0 Å². The van der Waals surface area contributed by atoms with Crippen LogP contribution in [0, 0.1) is 0 Å². The van der Waals surface area contributed by atoms with Gasteiger partial charge in [-0.05, 0) is 99.7 Å². The van der Waals surface area contributed by atoms with E-state index in [1.54, 1.807) is 0 Å². The summed E-state index contributed by atoms with van der Waals surface area (Å²) in [6.07, 6.45) is 0. The molecule has 0 radical (unpaired) electrons. The number of rotatable bonds is 2. The number of benzene rings is 9. The minimum atomic E-state index is -0.178. The molecule has 1 aliphatic rings. The molecule has 0 amide bonds. The average Bonchev–Trinajstić information content (AvgIpc) is 3.65. The summed E-state index contributed by atoms with van der Waals surface area (Å²) in [6, 6.07) is 58.9. The zero-order chi connectivity index (χ0) is 33.1. The van der Waals surface area contributed by atoms with Crippen LogP contribution < -0.4 is 0 Å². The SMILES string of the molecule is CC1(C)c2cc(-c3cccc4ccccc34)c3ccccc3c2-c2ccc3c(sc4cc(-c5cccc6ccccc56)c5ccccc5c43)c21. The first-order valence-electron chi connectivity index (χ1n) is 17.5. The van der Waals surface area contributed by atoms with Crippen molar-refractivity contribution in [3.05, 3.63) is 169 Å². The number of hydrogen-bond acceptors (Lipinski definition) is 1. The van der Waals surface area contributed by atoms with E-state index >= 15 is 0 Å². The molecule has 0 aliphatic heterocycles. The molecule has 0 atom stereocenters. The fourth-order valence-corrected chi connectivity index (χ4v) is 10.7. The van der Waals surface area contributed by atoms with Crippen LogP contribution in [0.15, 0.2) is 158 Å². The van der Waals surface area contributed by atoms with Crippen LogP contribution in [0.5, 0.6) is 0 Å². The van der Waals surface area contributed by atoms with Crippen molar-refractivity contribution in [1.82, 2.24) is 0 Å². The Morgan fingerprint density at radius 3 is 1.58 bits per heavy atom. The molecule has 1 heteroatoms. The van der Waals surface area contributed by atoms with Crippen LogP contribution in [-0.4, -0.2) is 0 Å². The molecule has 0 N–H and O–H groups in total. The molecule has 0 spiro atoms. The third-order valence-corrected chi connectivity index (χ3v) is 12.6. The molecule has 1 aliphatic carbocycles. The quantitative estimate of drug-likeness (QED) is 0.174. The van der Waals surface area contributed by atoms with Crippen LogP contribution in [0.1, 0.15) is 25.0 Å². The minimum Gasteiger partial charge on any atom is -0.135 e. The van der Waals surface area contributed by atoms with Crippen molar-refractivity contribution in [3.63, 3.8) is 0 Å². The summed E-state index contributed by atoms with van der Waals surface area (Å²) in [6.45, 7) is 4.89. The van der Waals surface area contributed by atoms with Gasteiger partial charge in [-0.1, -0.05) is 159 Å². The molecule has 0 fully saturated rings. The molecule has 0 nitrogen and oxygen atoms in total. The highest BCUT2D eigenvalue weighted by Crippen LogP contribution is 2.58. The predicted molar refractivity (Wildman–Crippen MR) is 218 cm³/mol. The van der Waals surface area contributed by atoms with E-state index in [1.807, 2.05) is 11.3 Å². The largest absolute Gasteiger partial charge is 0.135 e. The second-order valence-electron chi connectivity index (χ2n) is 14.4. The maximum absolute atomic E-state index is 2.52. The summed E-state index contributed by atoms with van der Waals surface area (Å²) < 4.78 is 2.76. The van der Waals surface area contributed by atoms with Gasteiger partial charge in [0.15, 0.2) is 0 Å². The molecular weight excluding hydrogens is 621 g/mol. The summed E-state index contributed by atoms with van der Waals surface area (Å²) in [5.74, 6) is 0. The minimum absolute atomic E-state index is 0.178. The zero-order valence-electron chi connectivity index (χ0n) is 27.9. The van der Waals surface area contributed by atoms with Crippen molar-refractivity contribution in [2.24, 2.45) is 0 Å². The normalized spacial score (nSPS) is 13.6. The second-order valence-corrected chi connectivity index (χ2v) is 15.4. The number of hydrogen-bond donors (Lipinski definition) is 0. The molecule has 0 saturated heterocycles. The monoisotopic (exact) mass is 652 g/mol. The molecule has 0 unspecified atom stereocenters. The van der Waals surface area contributed by atoms with Crippen molar-refractivity contribution < 1.29 is 0 Å². The molecule has 10 aromatic rings. The van der Waals surface area contributed by atoms with Gasteiger partial charge in [0.25, 0.3) is 0 Å². The lowest BCUT2D eigenvalue weighted by atomic mass is 9.80. The molecule has 11 rings (SSSR count). The first-order valence-corrected chi connectivity index (χ1v) is 18.3. The average molecular weight is 653 g/mol. The zero-order valence-corrected chi connectivity index (χ0v) is 28.7. The third kappa shape index (κ3) is 3.71. The summed E-state index contributed by atoms with van der Waals surface area (Å²) in [5, 5.41) is 13.2. The first kappa shape index (κ1) is 28.1. The van der Waals surface area contributed by atoms with Gasteiger partial charge in [-0.15, -0.1) is 11.3 Å². The van der Waals surface area contributed by atoms with Crippen molar-refractivity contribution in [1.29, 1.82) is 0 Å². The smallest absolute Gasteiger partial charge is 0.0402 e. The highest BCUT2D eigenvalue weighted by atomic mass is 32.1. The molecule has 0 bridgehead atoms. The van der Waals surface area contributed by atoms with E-state index in [-0.39, 0.29) is 5.41 Å². The van der Waals surface area contributed by atoms with Crippen LogP contribution in [0.25, 0.3) is 96.6 Å². The van der Waals surface area contributed by atoms with Crippen LogP contribution in [0.4, 0.5) is 0 Å². The molecule has 1 heterocycles. The van der Waals surface area contributed by atoms with Gasteiger partial charge in [0.2, 0.25) is 0 Å². The number of fused-ring (bicyclic) bond motifs is 13. The fourth-order valence-electron chi connectivity index (χ4n) is 9.19. The Kier molecular flexibility index (Phi) is 5.70. The van der Waals surface area contributed by atoms with E-state index < -0.39 is 0 Å². The summed E-state index contributed by atoms with van der Waals surface area (Å²) in [4.78, 5) is 0. The van der Waals surface area contributed by atoms with Crippen LogP contribution >= 0.6 is 11.3 Å². The van der Waals surface area contributed by atoms with Crippen molar-refractivity contribution >= 4 is 74.6 Å². The Morgan fingerprint density at radius 1 is 0.400 bits per heavy atom. The van der Waals surface area contributed by atoms with Gasteiger partial charge >= 0.3 is 0 Å². The molecule has 9 aromatic carbocycles. The van der Waals surface area contributed by atoms with Gasteiger partial charge in [0.05, 0.1) is 0 Å². The molecular formula is C49H32S. The maximum Gasteiger partial charge on any atom is 0.0402 e. The Bertz CT molecular complexity index is 3050. The highest BCUT2D eigenvalue weighted by Gasteiger charge is 2.39. The van der Waals surface area contributed by atoms with Gasteiger partial charge in [-0.2, -0.15) is 0 Å². The Hall–Kier alpha value is -5.76. The van der Waals surface area contributed by atoms with E-state index in [2.05, 4.69) is 172 Å². The first-order chi connectivity index (χ1) is 24.6. The number of thiophene rings is 1. The molecule has 1 aromatic heterocycles. The Labute approximate surface area is 294 Å². The lowest BCUT2D eigenvalue weighted by Gasteiger charge is -2.24. The van der Waals surface area contributed by atoms with Crippen LogP contribution in [-0.2, 0) is 5.41 Å². The maximum atomic E-state index is 2.52. The van der Waals surface area contributed by atoms with Crippen molar-refractivity contribution in [3.8, 4) is 33.4 Å². The molecule has 0 saturated carbocycles. The lowest BCUT2D eigenvalue weighted by molar-refractivity contribution is 0.668. The van der Waals surface area contributed by atoms with E-state index in [9.17, 15) is 0 Å². The standard InChI is InChI=1S/C49H32S/c1-49(2)43-27-41(33-23-11-15-29-13-3-5-17-31(29)33)35-19-7-9-21-37(35)45(43)39-25-26-40-46-38-22-10-8-20-36(38)42(28-44(46)50-48(40)47(39)49)34-24-12-16-30-14-4-6-18-32(30)34/h3-28H,1-2H3. The molecule has 50 heavy (non-hydrogen) atoms. The van der Waals surface area contributed by atoms with Gasteiger partial charge < -0.3 is 0 Å². The highest BCUT2D eigenvalue weighted by molar-refractivity contribution is 7.26. The van der Waals surface area contributed by atoms with Gasteiger partial charge in [-0.25, -0.2) is 0 Å². The van der Waals surface area contributed by atoms with E-state index in [4.69, 9.17) is 0 Å². The topological polar surface area (TPSA) is 0 Å². The Morgan fingerprint density at radius 2 is 0.920 bits per heavy atom. The van der Waals surface area contributed by atoms with Crippen LogP contribution in [0.2, 0.25) is 0 Å². The van der Waals surface area contributed by atoms with Crippen LogP contribution in [0.3, 0.4) is 0 Å². The lowest BCUT2D eigenvalue weighted by Crippen LogP contribution is -2.15. The third-order valence-electron chi connectivity index (χ3n) is 11.4. The van der Waals surface area contributed by atoms with Crippen molar-refractivity contribution in [2.75, 3.05) is 0 Å². The van der Waals surface area contributed by atoms with E-state index in [0.717, 1.165) is 0 Å². The second kappa shape index (κ2) is 10.1. The summed E-state index contributed by atoms with van der Waals surface area (Å²) in [5.41, 5.74) is 10.7. The van der Waals surface area contributed by atoms with Gasteiger partial charge in [0, 0.05) is 25.6 Å². The fraction of sp³-hybridized carbons (Fsp3) is 0.0612. The van der Waals surface area contributed by atoms with Crippen molar-refractivity contribution in [2.45, 2.75) is 19.3 Å². The van der Waals surface area contributed by atoms with Gasteiger partial charge in [-0.3, -0.25) is 0 Å². The van der Waals surface area contributed by atoms with E-state index in [1.165, 1.54) is 108 Å². The van der Waals surface area contributed by atoms with Gasteiger partial charge in [0.1, 0.15) is 0 Å². The summed E-state index contributed by atoms with van der Waals surface area (Å²) >= 11 is 1.98. The predicted octanol–water partition coefficient (Wildman–Crippen LogP) is 14.3. The molecule has 234 valence electrons.